The van der Waals surface area contributed by atoms with Gasteiger partial charge in [-0.3, -0.25) is 14.6 Å². The Hall–Kier alpha value is -0.830. The minimum Gasteiger partial charge on any atom is -0.346 e. The van der Waals surface area contributed by atoms with E-state index in [4.69, 9.17) is 11.6 Å². The first-order valence-electron chi connectivity index (χ1n) is 7.30. The number of nitrogens with one attached hydrogen (secondary N) is 1. The van der Waals surface area contributed by atoms with Gasteiger partial charge in [-0.25, -0.2) is 0 Å². The van der Waals surface area contributed by atoms with Crippen molar-refractivity contribution in [3.63, 3.8) is 0 Å². The highest BCUT2D eigenvalue weighted by Crippen LogP contribution is 2.23. The molecule has 1 aromatic heterocycles. The molecule has 0 spiro atoms. The van der Waals surface area contributed by atoms with E-state index in [-0.39, 0.29) is 0 Å². The average Bonchev–Trinajstić information content (AvgIpc) is 2.89. The van der Waals surface area contributed by atoms with Gasteiger partial charge in [0, 0.05) is 37.6 Å². The van der Waals surface area contributed by atoms with Crippen molar-refractivity contribution in [3.8, 4) is 0 Å². The Morgan fingerprint density at radius 1 is 1.35 bits per heavy atom. The SMILES string of the molecule is CC(C(=O)NCC(F)(F)F)N1CCN(Cc2ccc(Cl)s2)CC1. The first-order valence-corrected chi connectivity index (χ1v) is 8.49. The second-order valence-electron chi connectivity index (χ2n) is 5.53. The van der Waals surface area contributed by atoms with Gasteiger partial charge >= 0.3 is 6.18 Å². The minimum atomic E-state index is -4.38. The summed E-state index contributed by atoms with van der Waals surface area (Å²) in [4.78, 5) is 17.1. The number of halogens is 4. The lowest BCUT2D eigenvalue weighted by Crippen LogP contribution is -2.54. The normalized spacial score (nSPS) is 18.8. The van der Waals surface area contributed by atoms with E-state index in [1.807, 2.05) is 22.3 Å². The highest BCUT2D eigenvalue weighted by atomic mass is 35.5. The predicted molar refractivity (Wildman–Crippen MR) is 84.7 cm³/mol. The molecule has 130 valence electrons. The van der Waals surface area contributed by atoms with Crippen LogP contribution in [0.1, 0.15) is 11.8 Å². The molecule has 1 aromatic rings. The predicted octanol–water partition coefficient (Wildman–Crippen LogP) is 2.59. The summed E-state index contributed by atoms with van der Waals surface area (Å²) >= 11 is 7.45. The van der Waals surface area contributed by atoms with Gasteiger partial charge < -0.3 is 5.32 Å². The maximum Gasteiger partial charge on any atom is 0.405 e. The third-order valence-electron chi connectivity index (χ3n) is 3.81. The van der Waals surface area contributed by atoms with Crippen LogP contribution in [-0.4, -0.2) is 60.6 Å². The van der Waals surface area contributed by atoms with Crippen molar-refractivity contribution < 1.29 is 18.0 Å². The van der Waals surface area contributed by atoms with Crippen molar-refractivity contribution >= 4 is 28.8 Å². The van der Waals surface area contributed by atoms with E-state index >= 15 is 0 Å². The Kier molecular flexibility index (Phi) is 6.30. The molecule has 0 saturated carbocycles. The van der Waals surface area contributed by atoms with Gasteiger partial charge in [0.05, 0.1) is 10.4 Å². The van der Waals surface area contributed by atoms with Crippen molar-refractivity contribution in [2.75, 3.05) is 32.7 Å². The van der Waals surface area contributed by atoms with E-state index in [0.29, 0.717) is 13.1 Å². The van der Waals surface area contributed by atoms with E-state index in [1.54, 1.807) is 18.3 Å². The van der Waals surface area contributed by atoms with Gasteiger partial charge in [-0.05, 0) is 19.1 Å². The third-order valence-corrected chi connectivity index (χ3v) is 5.02. The Balaban J connectivity index is 1.75. The number of alkyl halides is 3. The molecule has 0 radical (unpaired) electrons. The molecule has 4 nitrogen and oxygen atoms in total. The first kappa shape index (κ1) is 18.5. The second-order valence-corrected chi connectivity index (χ2v) is 7.33. The minimum absolute atomic E-state index is 0.560. The van der Waals surface area contributed by atoms with Crippen LogP contribution in [0.25, 0.3) is 0 Å². The molecule has 0 bridgehead atoms. The van der Waals surface area contributed by atoms with Crippen molar-refractivity contribution in [1.82, 2.24) is 15.1 Å². The molecule has 1 unspecified atom stereocenters. The Bertz CT molecular complexity index is 530. The second kappa shape index (κ2) is 7.83. The summed E-state index contributed by atoms with van der Waals surface area (Å²) < 4.78 is 37.2. The topological polar surface area (TPSA) is 35.6 Å². The molecule has 1 amide bonds. The lowest BCUT2D eigenvalue weighted by atomic mass is 10.2. The Morgan fingerprint density at radius 2 is 2.00 bits per heavy atom. The number of nitrogens with zero attached hydrogens (tertiary/aromatic N) is 2. The molecule has 23 heavy (non-hydrogen) atoms. The average molecular weight is 370 g/mol. The van der Waals surface area contributed by atoms with E-state index in [0.717, 1.165) is 24.0 Å². The Labute approximate surface area is 142 Å². The van der Waals surface area contributed by atoms with Crippen LogP contribution in [0.5, 0.6) is 0 Å². The molecule has 0 aliphatic carbocycles. The smallest absolute Gasteiger partial charge is 0.346 e. The summed E-state index contributed by atoms with van der Waals surface area (Å²) in [7, 11) is 0. The highest BCUT2D eigenvalue weighted by molar-refractivity contribution is 7.16. The highest BCUT2D eigenvalue weighted by Gasteiger charge is 2.31. The van der Waals surface area contributed by atoms with Gasteiger partial charge in [0.15, 0.2) is 0 Å². The molecular formula is C14H19ClF3N3OS. The van der Waals surface area contributed by atoms with Crippen LogP contribution in [-0.2, 0) is 11.3 Å². The number of hydrogen-bond donors (Lipinski definition) is 1. The maximum absolute atomic E-state index is 12.1. The summed E-state index contributed by atoms with van der Waals surface area (Å²) in [5, 5.41) is 1.94. The fourth-order valence-corrected chi connectivity index (χ4v) is 3.60. The van der Waals surface area contributed by atoms with Crippen LogP contribution in [0, 0.1) is 0 Å². The van der Waals surface area contributed by atoms with Crippen LogP contribution >= 0.6 is 22.9 Å². The number of carbonyl (C=O) groups is 1. The van der Waals surface area contributed by atoms with Gasteiger partial charge in [0.2, 0.25) is 5.91 Å². The monoisotopic (exact) mass is 369 g/mol. The largest absolute Gasteiger partial charge is 0.405 e. The van der Waals surface area contributed by atoms with Gasteiger partial charge in [0.25, 0.3) is 0 Å². The number of hydrogen-bond acceptors (Lipinski definition) is 4. The molecule has 1 saturated heterocycles. The summed E-state index contributed by atoms with van der Waals surface area (Å²) in [5.41, 5.74) is 0. The molecule has 1 atom stereocenters. The van der Waals surface area contributed by atoms with E-state index in [2.05, 4.69) is 4.90 Å². The quantitative estimate of drug-likeness (QED) is 0.866. The van der Waals surface area contributed by atoms with Crippen molar-refractivity contribution in [2.24, 2.45) is 0 Å². The zero-order chi connectivity index (χ0) is 17.0. The van der Waals surface area contributed by atoms with E-state index in [1.165, 1.54) is 4.88 Å². The molecule has 1 aliphatic heterocycles. The van der Waals surface area contributed by atoms with Crippen molar-refractivity contribution in [1.29, 1.82) is 0 Å². The van der Waals surface area contributed by atoms with Crippen molar-refractivity contribution in [3.05, 3.63) is 21.3 Å². The number of thiophene rings is 1. The number of amides is 1. The summed E-state index contributed by atoms with van der Waals surface area (Å²) in [6.07, 6.45) is -4.38. The standard InChI is InChI=1S/C14H19ClF3N3OS/c1-10(13(22)19-9-14(16,17)18)21-6-4-20(5-7-21)8-11-2-3-12(15)23-11/h2-3,10H,4-9H2,1H3,(H,19,22). The van der Waals surface area contributed by atoms with Crippen molar-refractivity contribution in [2.45, 2.75) is 25.7 Å². The fourth-order valence-electron chi connectivity index (χ4n) is 2.47. The van der Waals surface area contributed by atoms with Crippen LogP contribution < -0.4 is 5.32 Å². The molecule has 0 aromatic carbocycles. The van der Waals surface area contributed by atoms with Crippen LogP contribution in [0.3, 0.4) is 0 Å². The van der Waals surface area contributed by atoms with Gasteiger partial charge in [0.1, 0.15) is 6.54 Å². The lowest BCUT2D eigenvalue weighted by molar-refractivity contribution is -0.141. The fraction of sp³-hybridized carbons (Fsp3) is 0.643. The van der Waals surface area contributed by atoms with Crippen LogP contribution in [0.2, 0.25) is 4.34 Å². The third kappa shape index (κ3) is 5.95. The number of piperazine rings is 1. The molecule has 2 rings (SSSR count). The molecule has 1 aliphatic rings. The number of rotatable bonds is 5. The molecule has 2 heterocycles. The van der Waals surface area contributed by atoms with Crippen LogP contribution in [0.4, 0.5) is 13.2 Å². The zero-order valence-electron chi connectivity index (χ0n) is 12.7. The van der Waals surface area contributed by atoms with Gasteiger partial charge in [-0.1, -0.05) is 11.6 Å². The molecule has 1 N–H and O–H groups in total. The van der Waals surface area contributed by atoms with Gasteiger partial charge in [-0.15, -0.1) is 11.3 Å². The first-order chi connectivity index (χ1) is 10.7. The lowest BCUT2D eigenvalue weighted by Gasteiger charge is -2.37. The zero-order valence-corrected chi connectivity index (χ0v) is 14.3. The Morgan fingerprint density at radius 3 is 2.52 bits per heavy atom. The maximum atomic E-state index is 12.1. The van der Waals surface area contributed by atoms with Gasteiger partial charge in [-0.2, -0.15) is 13.2 Å². The molecule has 1 fully saturated rings. The van der Waals surface area contributed by atoms with Crippen LogP contribution in [0.15, 0.2) is 12.1 Å². The summed E-state index contributed by atoms with van der Waals surface area (Å²) in [6, 6.07) is 3.30. The number of carbonyl (C=O) groups excluding carboxylic acids is 1. The summed E-state index contributed by atoms with van der Waals surface area (Å²) in [6.45, 7) is 4.01. The molecular weight excluding hydrogens is 351 g/mol. The van der Waals surface area contributed by atoms with E-state index < -0.39 is 24.7 Å². The summed E-state index contributed by atoms with van der Waals surface area (Å²) in [5.74, 6) is -0.583. The van der Waals surface area contributed by atoms with E-state index in [9.17, 15) is 18.0 Å². The molecule has 9 heteroatoms.